The molecule has 50 valence electrons. The average molecular weight is 182 g/mol. The van der Waals surface area contributed by atoms with E-state index in [1.54, 1.807) is 0 Å². The van der Waals surface area contributed by atoms with Crippen molar-refractivity contribution in [3.63, 3.8) is 0 Å². The summed E-state index contributed by atoms with van der Waals surface area (Å²) in [4.78, 5) is 0. The molecule has 0 amide bonds. The fraction of sp³-hybridized carbons (Fsp3) is 1.00. The van der Waals surface area contributed by atoms with Gasteiger partial charge in [-0.25, -0.2) is 0 Å². The Morgan fingerprint density at radius 2 is 2.38 bits per heavy atom. The number of aliphatic hydroxyl groups is 1. The third-order valence-electron chi connectivity index (χ3n) is 0.878. The molecule has 0 aromatic carbocycles. The van der Waals surface area contributed by atoms with Crippen molar-refractivity contribution >= 4 is 36.1 Å². The van der Waals surface area contributed by atoms with Gasteiger partial charge in [0.15, 0.2) is 0 Å². The van der Waals surface area contributed by atoms with Gasteiger partial charge in [-0.15, -0.1) is 0 Å². The van der Waals surface area contributed by atoms with Gasteiger partial charge in [0.25, 0.3) is 0 Å². The summed E-state index contributed by atoms with van der Waals surface area (Å²) in [6.07, 6.45) is 0. The molecule has 0 radical (unpaired) electrons. The quantitative estimate of drug-likeness (QED) is 0.343. The van der Waals surface area contributed by atoms with Crippen molar-refractivity contribution in [1.82, 2.24) is 0 Å². The summed E-state index contributed by atoms with van der Waals surface area (Å²) in [6.45, 7) is 0.847. The zero-order chi connectivity index (χ0) is 6.24. The minimum Gasteiger partial charge on any atom is -0.426 e. The molecule has 6 heteroatoms. The van der Waals surface area contributed by atoms with Gasteiger partial charge in [-0.2, -0.15) is 0 Å². The SMILES string of the molecule is OCCO[SiH2][SiH2][SiH2][SiH3]. The van der Waals surface area contributed by atoms with Gasteiger partial charge in [-0.3, -0.25) is 0 Å². The highest BCUT2D eigenvalue weighted by Gasteiger charge is 1.85. The monoisotopic (exact) mass is 182 g/mol. The van der Waals surface area contributed by atoms with Gasteiger partial charge in [0.2, 0.25) is 0 Å². The zero-order valence-electron chi connectivity index (χ0n) is 5.39. The van der Waals surface area contributed by atoms with E-state index in [0.717, 1.165) is 0 Å². The van der Waals surface area contributed by atoms with E-state index < -0.39 is 0 Å². The minimum absolute atomic E-state index is 0.0244. The Balaban J connectivity index is 2.53. The summed E-state index contributed by atoms with van der Waals surface area (Å²) in [5.41, 5.74) is 0. The molecule has 0 atom stereocenters. The van der Waals surface area contributed by atoms with Crippen LogP contribution in [0.2, 0.25) is 0 Å². The summed E-state index contributed by atoms with van der Waals surface area (Å²) in [5, 5.41) is 8.30. The number of aliphatic hydroxyl groups excluding tert-OH is 1. The van der Waals surface area contributed by atoms with Crippen LogP contribution in [0, 0.1) is 0 Å². The first kappa shape index (κ1) is 8.79. The first-order chi connectivity index (χ1) is 3.91. The molecule has 0 aromatic heterocycles. The van der Waals surface area contributed by atoms with Crippen molar-refractivity contribution in [2.75, 3.05) is 13.2 Å². The van der Waals surface area contributed by atoms with Crippen LogP contribution >= 0.6 is 0 Å². The van der Waals surface area contributed by atoms with E-state index in [-0.39, 0.29) is 15.9 Å². The molecular formula is C2H14O2Si4. The Labute approximate surface area is 59.4 Å². The fourth-order valence-corrected chi connectivity index (χ4v) is 15.6. The molecule has 0 fully saturated rings. The van der Waals surface area contributed by atoms with Crippen molar-refractivity contribution in [2.45, 2.75) is 0 Å². The molecule has 2 nitrogen and oxygen atoms in total. The standard InChI is InChI=1S/C2H14O2Si4/c3-1-2-4-6-8-7-5/h3H,1-2,6-8H2,5H3. The topological polar surface area (TPSA) is 29.5 Å². The van der Waals surface area contributed by atoms with E-state index in [9.17, 15) is 0 Å². The number of hydrogen-bond acceptors (Lipinski definition) is 2. The van der Waals surface area contributed by atoms with Gasteiger partial charge in [-0.1, -0.05) is 0 Å². The van der Waals surface area contributed by atoms with Crippen LogP contribution in [-0.2, 0) is 4.43 Å². The first-order valence-corrected chi connectivity index (χ1v) is 17.3. The molecule has 0 saturated carbocycles. The van der Waals surface area contributed by atoms with E-state index in [2.05, 4.69) is 0 Å². The Hall–Kier alpha value is 0.788. The second kappa shape index (κ2) is 7.79. The van der Waals surface area contributed by atoms with E-state index >= 15 is 0 Å². The van der Waals surface area contributed by atoms with Crippen LogP contribution in [0.25, 0.3) is 0 Å². The van der Waals surface area contributed by atoms with E-state index in [0.29, 0.717) is 23.7 Å². The fourth-order valence-electron chi connectivity index (χ4n) is 0.413. The van der Waals surface area contributed by atoms with E-state index in [4.69, 9.17) is 9.53 Å². The van der Waals surface area contributed by atoms with Crippen LogP contribution in [0.3, 0.4) is 0 Å². The summed E-state index contributed by atoms with van der Waals surface area (Å²) in [6, 6.07) is 0. The second-order valence-corrected chi connectivity index (χ2v) is 25.9. The average Bonchev–Trinajstić information content (AvgIpc) is 1.81. The predicted molar refractivity (Wildman–Crippen MR) is 48.6 cm³/mol. The van der Waals surface area contributed by atoms with Crippen LogP contribution in [-0.4, -0.2) is 54.5 Å². The summed E-state index contributed by atoms with van der Waals surface area (Å²) < 4.78 is 5.23. The lowest BCUT2D eigenvalue weighted by atomic mass is 10.8. The Bertz CT molecular complexity index is 37.0. The largest absolute Gasteiger partial charge is 0.426 e. The molecule has 0 heterocycles. The molecule has 0 saturated heterocycles. The van der Waals surface area contributed by atoms with Gasteiger partial charge in [0.05, 0.1) is 13.2 Å². The summed E-state index contributed by atoms with van der Waals surface area (Å²) in [7, 11) is 2.40. The van der Waals surface area contributed by atoms with Crippen LogP contribution in [0.15, 0.2) is 0 Å². The van der Waals surface area contributed by atoms with Gasteiger partial charge < -0.3 is 9.53 Å². The van der Waals surface area contributed by atoms with Gasteiger partial charge in [-0.05, 0) is 18.3 Å². The van der Waals surface area contributed by atoms with Crippen molar-refractivity contribution < 1.29 is 9.53 Å². The molecule has 0 aliphatic carbocycles. The Kier molecular flexibility index (Phi) is 8.55. The Morgan fingerprint density at radius 3 is 2.88 bits per heavy atom. The van der Waals surface area contributed by atoms with E-state index in [1.807, 2.05) is 0 Å². The summed E-state index contributed by atoms with van der Waals surface area (Å²) in [5.74, 6) is 0. The van der Waals surface area contributed by atoms with Crippen LogP contribution < -0.4 is 0 Å². The molecule has 0 aliphatic rings. The predicted octanol–water partition coefficient (Wildman–Crippen LogP) is -4.47. The van der Waals surface area contributed by atoms with Gasteiger partial charge in [0.1, 0.15) is 9.28 Å². The normalized spacial score (nSPS) is 14.6. The summed E-state index contributed by atoms with van der Waals surface area (Å²) >= 11 is 0. The maximum Gasteiger partial charge on any atom is 0.140 e. The third kappa shape index (κ3) is 6.79. The number of hydrogen-bond donors (Lipinski definition) is 1. The molecular weight excluding hydrogens is 168 g/mol. The number of rotatable bonds is 5. The smallest absolute Gasteiger partial charge is 0.140 e. The van der Waals surface area contributed by atoms with Gasteiger partial charge in [0, 0.05) is 8.55 Å². The lowest BCUT2D eigenvalue weighted by Gasteiger charge is -1.96. The van der Waals surface area contributed by atoms with Crippen molar-refractivity contribution in [3.05, 3.63) is 0 Å². The highest BCUT2D eigenvalue weighted by atomic mass is 29.7. The molecule has 0 bridgehead atoms. The molecule has 8 heavy (non-hydrogen) atoms. The van der Waals surface area contributed by atoms with Crippen LogP contribution in [0.5, 0.6) is 0 Å². The molecule has 0 spiro atoms. The molecule has 0 aliphatic heterocycles. The van der Waals surface area contributed by atoms with Crippen LogP contribution in [0.4, 0.5) is 0 Å². The lowest BCUT2D eigenvalue weighted by molar-refractivity contribution is 0.210. The van der Waals surface area contributed by atoms with Crippen molar-refractivity contribution in [3.8, 4) is 0 Å². The van der Waals surface area contributed by atoms with Crippen LogP contribution in [0.1, 0.15) is 0 Å². The lowest BCUT2D eigenvalue weighted by Crippen LogP contribution is -2.17. The third-order valence-corrected chi connectivity index (χ3v) is 34.4. The maximum atomic E-state index is 8.30. The zero-order valence-corrected chi connectivity index (χ0v) is 11.6. The molecule has 0 aromatic rings. The van der Waals surface area contributed by atoms with E-state index in [1.165, 1.54) is 9.76 Å². The molecule has 1 N–H and O–H groups in total. The molecule has 0 rings (SSSR count). The maximum absolute atomic E-state index is 8.30. The van der Waals surface area contributed by atoms with Gasteiger partial charge >= 0.3 is 0 Å². The molecule has 0 unspecified atom stereocenters. The highest BCUT2D eigenvalue weighted by Crippen LogP contribution is 1.64. The Morgan fingerprint density at radius 1 is 1.62 bits per heavy atom. The van der Waals surface area contributed by atoms with Crippen molar-refractivity contribution in [2.24, 2.45) is 0 Å². The minimum atomic E-state index is -0.0244. The highest BCUT2D eigenvalue weighted by molar-refractivity contribution is 7.40. The first-order valence-electron chi connectivity index (χ1n) is 3.10. The second-order valence-electron chi connectivity index (χ2n) is 1.69. The van der Waals surface area contributed by atoms with Crippen molar-refractivity contribution in [1.29, 1.82) is 0 Å².